The van der Waals surface area contributed by atoms with Gasteiger partial charge in [0, 0.05) is 28.5 Å². The first-order valence-corrected chi connectivity index (χ1v) is 7.29. The Morgan fingerprint density at radius 2 is 2.05 bits per heavy atom. The molecule has 0 aliphatic carbocycles. The van der Waals surface area contributed by atoms with Crippen molar-refractivity contribution in [1.82, 2.24) is 10.2 Å². The van der Waals surface area contributed by atoms with Gasteiger partial charge in [-0.05, 0) is 35.9 Å². The summed E-state index contributed by atoms with van der Waals surface area (Å²) in [5.41, 5.74) is 4.04. The summed E-state index contributed by atoms with van der Waals surface area (Å²) in [6.07, 6.45) is 1.73. The second-order valence-electron chi connectivity index (χ2n) is 4.64. The van der Waals surface area contributed by atoms with Crippen molar-refractivity contribution < 1.29 is 4.39 Å². The summed E-state index contributed by atoms with van der Waals surface area (Å²) in [4.78, 5) is 0. The van der Waals surface area contributed by atoms with Crippen molar-refractivity contribution >= 4 is 21.6 Å². The van der Waals surface area contributed by atoms with E-state index in [2.05, 4.69) is 31.4 Å². The molecule has 21 heavy (non-hydrogen) atoms. The van der Waals surface area contributed by atoms with Gasteiger partial charge in [0.2, 0.25) is 0 Å². The first kappa shape index (κ1) is 13.8. The lowest BCUT2D eigenvalue weighted by Crippen LogP contribution is -2.00. The van der Waals surface area contributed by atoms with Crippen LogP contribution in [-0.4, -0.2) is 10.2 Å². The molecule has 3 aromatic rings. The molecular weight excluding hydrogens is 333 g/mol. The molecule has 1 heterocycles. The Kier molecular flexibility index (Phi) is 4.01. The fourth-order valence-corrected chi connectivity index (χ4v) is 2.57. The van der Waals surface area contributed by atoms with Gasteiger partial charge in [-0.3, -0.25) is 5.10 Å². The molecule has 0 amide bonds. The summed E-state index contributed by atoms with van der Waals surface area (Å²) >= 11 is 3.37. The number of nitrogens with one attached hydrogen (secondary N) is 2. The maximum atomic E-state index is 13.1. The van der Waals surface area contributed by atoms with Gasteiger partial charge in [-0.2, -0.15) is 5.10 Å². The van der Waals surface area contributed by atoms with Crippen LogP contribution in [0.4, 0.5) is 10.1 Å². The highest BCUT2D eigenvalue weighted by molar-refractivity contribution is 9.10. The van der Waals surface area contributed by atoms with Crippen LogP contribution in [0.1, 0.15) is 5.56 Å². The number of benzene rings is 2. The largest absolute Gasteiger partial charge is 0.381 e. The molecule has 3 rings (SSSR count). The molecule has 5 heteroatoms. The molecule has 1 aromatic heterocycles. The third-order valence-electron chi connectivity index (χ3n) is 3.17. The van der Waals surface area contributed by atoms with Crippen LogP contribution in [-0.2, 0) is 6.54 Å². The number of rotatable bonds is 4. The maximum absolute atomic E-state index is 13.1. The van der Waals surface area contributed by atoms with E-state index in [4.69, 9.17) is 0 Å². The summed E-state index contributed by atoms with van der Waals surface area (Å²) in [7, 11) is 0. The molecule has 0 unspecified atom stereocenters. The molecule has 106 valence electrons. The van der Waals surface area contributed by atoms with Crippen molar-refractivity contribution in [2.75, 3.05) is 5.32 Å². The molecule has 0 spiro atoms. The van der Waals surface area contributed by atoms with E-state index in [0.717, 1.165) is 27.0 Å². The lowest BCUT2D eigenvalue weighted by molar-refractivity contribution is 0.626. The van der Waals surface area contributed by atoms with E-state index in [0.29, 0.717) is 6.54 Å². The molecular formula is C16H13BrFN3. The summed E-state index contributed by atoms with van der Waals surface area (Å²) in [6.45, 7) is 0.618. The highest BCUT2D eigenvalue weighted by Gasteiger charge is 2.03. The van der Waals surface area contributed by atoms with Crippen LogP contribution < -0.4 is 5.32 Å². The van der Waals surface area contributed by atoms with Gasteiger partial charge in [-0.15, -0.1) is 0 Å². The quantitative estimate of drug-likeness (QED) is 0.725. The third kappa shape index (κ3) is 3.31. The predicted octanol–water partition coefficient (Wildman–Crippen LogP) is 4.59. The van der Waals surface area contributed by atoms with Crippen molar-refractivity contribution in [2.24, 2.45) is 0 Å². The van der Waals surface area contributed by atoms with E-state index >= 15 is 0 Å². The van der Waals surface area contributed by atoms with Gasteiger partial charge in [0.05, 0.1) is 5.69 Å². The van der Waals surface area contributed by atoms with Gasteiger partial charge in [-0.25, -0.2) is 4.39 Å². The number of aromatic amines is 1. The highest BCUT2D eigenvalue weighted by atomic mass is 79.9. The van der Waals surface area contributed by atoms with Crippen molar-refractivity contribution in [3.8, 4) is 11.3 Å². The Bertz CT molecular complexity index is 741. The van der Waals surface area contributed by atoms with Crippen LogP contribution in [0.5, 0.6) is 0 Å². The SMILES string of the molecule is Fc1ccc(CNc2cccc(-c3ccn[nH]3)c2)c(Br)c1. The Morgan fingerprint density at radius 3 is 2.81 bits per heavy atom. The Morgan fingerprint density at radius 1 is 1.14 bits per heavy atom. The number of H-pyrrole nitrogens is 1. The Balaban J connectivity index is 1.75. The lowest BCUT2D eigenvalue weighted by atomic mass is 10.1. The maximum Gasteiger partial charge on any atom is 0.124 e. The first-order chi connectivity index (χ1) is 10.2. The first-order valence-electron chi connectivity index (χ1n) is 6.50. The molecule has 2 N–H and O–H groups in total. The molecule has 0 saturated carbocycles. The fourth-order valence-electron chi connectivity index (χ4n) is 2.08. The average Bonchev–Trinajstić information content (AvgIpc) is 3.01. The zero-order valence-corrected chi connectivity index (χ0v) is 12.7. The van der Waals surface area contributed by atoms with Gasteiger partial charge in [0.1, 0.15) is 5.82 Å². The topological polar surface area (TPSA) is 40.7 Å². The second kappa shape index (κ2) is 6.10. The van der Waals surface area contributed by atoms with Crippen molar-refractivity contribution in [3.63, 3.8) is 0 Å². The number of hydrogen-bond donors (Lipinski definition) is 2. The van der Waals surface area contributed by atoms with Crippen LogP contribution in [0, 0.1) is 5.82 Å². The van der Waals surface area contributed by atoms with E-state index in [1.807, 2.05) is 30.3 Å². The Labute approximate surface area is 130 Å². The second-order valence-corrected chi connectivity index (χ2v) is 5.49. The van der Waals surface area contributed by atoms with Gasteiger partial charge in [-0.1, -0.05) is 34.1 Å². The number of aromatic nitrogens is 2. The molecule has 0 atom stereocenters. The van der Waals surface area contributed by atoms with Crippen LogP contribution in [0.2, 0.25) is 0 Å². The summed E-state index contributed by atoms with van der Waals surface area (Å²) in [5, 5.41) is 10.2. The highest BCUT2D eigenvalue weighted by Crippen LogP contribution is 2.22. The van der Waals surface area contributed by atoms with Gasteiger partial charge in [0.25, 0.3) is 0 Å². The normalized spacial score (nSPS) is 10.6. The molecule has 0 aliphatic heterocycles. The average molecular weight is 346 g/mol. The standard InChI is InChI=1S/C16H13BrFN3/c17-15-9-13(18)5-4-12(15)10-19-14-3-1-2-11(8-14)16-6-7-20-21-16/h1-9,19H,10H2,(H,20,21). The molecule has 0 fully saturated rings. The van der Waals surface area contributed by atoms with Gasteiger partial charge >= 0.3 is 0 Å². The number of anilines is 1. The number of hydrogen-bond acceptors (Lipinski definition) is 2. The molecule has 0 saturated heterocycles. The molecule has 3 nitrogen and oxygen atoms in total. The van der Waals surface area contributed by atoms with Crippen LogP contribution in [0.15, 0.2) is 59.2 Å². The lowest BCUT2D eigenvalue weighted by Gasteiger charge is -2.09. The zero-order chi connectivity index (χ0) is 14.7. The summed E-state index contributed by atoms with van der Waals surface area (Å²) in [5.74, 6) is -0.244. The van der Waals surface area contributed by atoms with Crippen molar-refractivity contribution in [1.29, 1.82) is 0 Å². The van der Waals surface area contributed by atoms with E-state index in [1.165, 1.54) is 12.1 Å². The van der Waals surface area contributed by atoms with Gasteiger partial charge in [0.15, 0.2) is 0 Å². The van der Waals surface area contributed by atoms with Crippen LogP contribution in [0.3, 0.4) is 0 Å². The fraction of sp³-hybridized carbons (Fsp3) is 0.0625. The van der Waals surface area contributed by atoms with E-state index in [-0.39, 0.29) is 5.82 Å². The minimum Gasteiger partial charge on any atom is -0.381 e. The third-order valence-corrected chi connectivity index (χ3v) is 3.91. The van der Waals surface area contributed by atoms with E-state index in [1.54, 1.807) is 12.3 Å². The summed E-state index contributed by atoms with van der Waals surface area (Å²) < 4.78 is 13.8. The summed E-state index contributed by atoms with van der Waals surface area (Å²) in [6, 6.07) is 14.7. The van der Waals surface area contributed by atoms with Crippen molar-refractivity contribution in [2.45, 2.75) is 6.54 Å². The minimum absolute atomic E-state index is 0.244. The smallest absolute Gasteiger partial charge is 0.124 e. The van der Waals surface area contributed by atoms with Crippen LogP contribution >= 0.6 is 15.9 Å². The minimum atomic E-state index is -0.244. The van der Waals surface area contributed by atoms with Crippen LogP contribution in [0.25, 0.3) is 11.3 Å². The monoisotopic (exact) mass is 345 g/mol. The molecule has 0 bridgehead atoms. The molecule has 0 radical (unpaired) electrons. The van der Waals surface area contributed by atoms with E-state index < -0.39 is 0 Å². The number of halogens is 2. The predicted molar refractivity (Wildman–Crippen MR) is 85.5 cm³/mol. The zero-order valence-electron chi connectivity index (χ0n) is 11.1. The van der Waals surface area contributed by atoms with Gasteiger partial charge < -0.3 is 5.32 Å². The number of nitrogens with zero attached hydrogens (tertiary/aromatic N) is 1. The Hall–Kier alpha value is -2.14. The van der Waals surface area contributed by atoms with Crippen molar-refractivity contribution in [3.05, 3.63) is 70.6 Å². The van der Waals surface area contributed by atoms with E-state index in [9.17, 15) is 4.39 Å². The molecule has 2 aromatic carbocycles. The molecule has 0 aliphatic rings.